The highest BCUT2D eigenvalue weighted by atomic mass is 35.5. The Morgan fingerprint density at radius 1 is 1.60 bits per heavy atom. The number of nitrogens with one attached hydrogen (secondary N) is 2. The van der Waals surface area contributed by atoms with E-state index in [0.29, 0.717) is 17.7 Å². The minimum atomic E-state index is -0.644. The summed E-state index contributed by atoms with van der Waals surface area (Å²) in [5.74, 6) is 0.154. The van der Waals surface area contributed by atoms with E-state index in [1.165, 1.54) is 12.7 Å². The molecule has 1 atom stereocenters. The van der Waals surface area contributed by atoms with Crippen LogP contribution in [0.1, 0.15) is 0 Å². The molecule has 0 aliphatic heterocycles. The van der Waals surface area contributed by atoms with Crippen LogP contribution in [0.25, 0.3) is 11.2 Å². The summed E-state index contributed by atoms with van der Waals surface area (Å²) in [7, 11) is 0. The molecule has 2 rings (SSSR count). The lowest BCUT2D eigenvalue weighted by Gasteiger charge is -2.10. The Kier molecular flexibility index (Phi) is 2.70. The van der Waals surface area contributed by atoms with E-state index in [1.807, 2.05) is 0 Å². The van der Waals surface area contributed by atoms with Gasteiger partial charge in [-0.05, 0) is 0 Å². The molecule has 1 unspecified atom stereocenters. The number of hydrogen-bond acceptors (Lipinski definition) is 4. The number of aromatic nitrogens is 4. The topological polar surface area (TPSA) is 90.6 Å². The van der Waals surface area contributed by atoms with Crippen LogP contribution in [0.2, 0.25) is 0 Å². The van der Waals surface area contributed by atoms with Gasteiger partial charge in [0, 0.05) is 0 Å². The number of nitrogens with zero attached hydrogens (tertiary/aromatic N) is 3. The molecule has 6 nitrogen and oxygen atoms in total. The van der Waals surface area contributed by atoms with Crippen molar-refractivity contribution in [3.05, 3.63) is 18.1 Å². The maximum Gasteiger partial charge on any atom is 0.173 e. The summed E-state index contributed by atoms with van der Waals surface area (Å²) in [6, 6.07) is 0. The van der Waals surface area contributed by atoms with Crippen molar-refractivity contribution in [1.29, 1.82) is 5.41 Å². The average Bonchev–Trinajstić information content (AvgIpc) is 2.71. The summed E-state index contributed by atoms with van der Waals surface area (Å²) in [4.78, 5) is 10.8. The zero-order valence-electron chi connectivity index (χ0n) is 7.81. The average molecular weight is 228 g/mol. The number of rotatable bonds is 3. The zero-order chi connectivity index (χ0) is 10.8. The third-order valence-corrected chi connectivity index (χ3v) is 2.40. The molecule has 2 aromatic rings. The first kappa shape index (κ1) is 10.1. The molecule has 0 bridgehead atoms. The summed E-state index contributed by atoms with van der Waals surface area (Å²) < 4.78 is 1.66. The molecular weight excluding hydrogens is 218 g/mol. The van der Waals surface area contributed by atoms with Gasteiger partial charge in [0.15, 0.2) is 11.1 Å². The number of aliphatic hydroxyl groups is 1. The van der Waals surface area contributed by atoms with E-state index >= 15 is 0 Å². The van der Waals surface area contributed by atoms with Gasteiger partial charge in [0.2, 0.25) is 0 Å². The van der Waals surface area contributed by atoms with Crippen LogP contribution in [0, 0.1) is 5.41 Å². The first-order valence-electron chi connectivity index (χ1n) is 4.39. The first-order valence-corrected chi connectivity index (χ1v) is 4.93. The Balaban J connectivity index is 2.48. The minimum absolute atomic E-state index is 0.138. The molecule has 2 aromatic heterocycles. The molecule has 0 aromatic carbocycles. The van der Waals surface area contributed by atoms with Crippen LogP contribution in [0.5, 0.6) is 0 Å². The molecule has 15 heavy (non-hydrogen) atoms. The molecule has 0 amide bonds. The molecule has 0 aliphatic rings. The monoisotopic (exact) mass is 227 g/mol. The van der Waals surface area contributed by atoms with Gasteiger partial charge in [0.05, 0.1) is 31.2 Å². The molecule has 0 saturated heterocycles. The van der Waals surface area contributed by atoms with E-state index in [4.69, 9.17) is 17.0 Å². The fourth-order valence-corrected chi connectivity index (χ4v) is 1.43. The van der Waals surface area contributed by atoms with Crippen molar-refractivity contribution in [3.8, 4) is 0 Å². The van der Waals surface area contributed by atoms with Crippen molar-refractivity contribution in [2.75, 3.05) is 5.88 Å². The van der Waals surface area contributed by atoms with Gasteiger partial charge in [-0.25, -0.2) is 9.97 Å². The minimum Gasteiger partial charge on any atom is -0.390 e. The number of imidazole rings is 1. The van der Waals surface area contributed by atoms with Crippen molar-refractivity contribution in [3.63, 3.8) is 0 Å². The quantitative estimate of drug-likeness (QED) is 0.637. The maximum absolute atomic E-state index is 9.41. The largest absolute Gasteiger partial charge is 0.390 e. The number of fused-ring (bicyclic) bond motifs is 1. The number of aromatic amines is 1. The van der Waals surface area contributed by atoms with Gasteiger partial charge < -0.3 is 14.7 Å². The fraction of sp³-hybridized carbons (Fsp3) is 0.375. The second-order valence-electron chi connectivity index (χ2n) is 3.15. The fourth-order valence-electron chi connectivity index (χ4n) is 1.34. The Bertz CT molecular complexity index is 519. The Hall–Kier alpha value is -1.40. The smallest absolute Gasteiger partial charge is 0.173 e. The van der Waals surface area contributed by atoms with Crippen LogP contribution >= 0.6 is 11.6 Å². The molecule has 7 heteroatoms. The Labute approximate surface area is 90.1 Å². The number of halogens is 1. The van der Waals surface area contributed by atoms with E-state index in [9.17, 15) is 5.11 Å². The van der Waals surface area contributed by atoms with Crippen molar-refractivity contribution < 1.29 is 5.11 Å². The summed E-state index contributed by atoms with van der Waals surface area (Å²) >= 11 is 5.51. The molecular formula is C8H10ClN5O. The molecule has 80 valence electrons. The highest BCUT2D eigenvalue weighted by Gasteiger charge is 2.08. The van der Waals surface area contributed by atoms with Crippen molar-refractivity contribution in [2.24, 2.45) is 0 Å². The molecule has 0 radical (unpaired) electrons. The van der Waals surface area contributed by atoms with E-state index in [2.05, 4.69) is 15.0 Å². The molecule has 0 fully saturated rings. The lowest BCUT2D eigenvalue weighted by atomic mass is 10.4. The number of hydrogen-bond donors (Lipinski definition) is 3. The van der Waals surface area contributed by atoms with Gasteiger partial charge in [0.25, 0.3) is 0 Å². The Morgan fingerprint density at radius 3 is 3.13 bits per heavy atom. The van der Waals surface area contributed by atoms with Crippen molar-refractivity contribution >= 4 is 22.8 Å². The van der Waals surface area contributed by atoms with Gasteiger partial charge in [-0.2, -0.15) is 0 Å². The standard InChI is InChI=1S/C8H10ClN5O/c9-1-5(15)2-14-4-13-7(10)6-8(14)12-3-11-6/h3-5,10,15H,1-2H2,(H,11,12). The second-order valence-corrected chi connectivity index (χ2v) is 3.46. The highest BCUT2D eigenvalue weighted by Crippen LogP contribution is 2.04. The zero-order valence-corrected chi connectivity index (χ0v) is 8.57. The number of alkyl halides is 1. The van der Waals surface area contributed by atoms with Crippen LogP contribution in [0.3, 0.4) is 0 Å². The summed E-state index contributed by atoms with van der Waals surface area (Å²) in [5.41, 5.74) is 1.29. The van der Waals surface area contributed by atoms with E-state index in [-0.39, 0.29) is 11.4 Å². The van der Waals surface area contributed by atoms with Gasteiger partial charge in [-0.1, -0.05) is 0 Å². The molecule has 3 N–H and O–H groups in total. The summed E-state index contributed by atoms with van der Waals surface area (Å²) in [6.07, 6.45) is 2.32. The summed E-state index contributed by atoms with van der Waals surface area (Å²) in [6.45, 7) is 0.318. The van der Waals surface area contributed by atoms with Crippen LogP contribution in [-0.2, 0) is 6.54 Å². The number of H-pyrrole nitrogens is 1. The van der Waals surface area contributed by atoms with Gasteiger partial charge in [0.1, 0.15) is 5.52 Å². The lowest BCUT2D eigenvalue weighted by Crippen LogP contribution is -2.21. The van der Waals surface area contributed by atoms with Crippen molar-refractivity contribution in [2.45, 2.75) is 12.6 Å². The first-order chi connectivity index (χ1) is 7.22. The molecule has 0 saturated carbocycles. The van der Waals surface area contributed by atoms with Crippen LogP contribution in [0.15, 0.2) is 12.7 Å². The van der Waals surface area contributed by atoms with Crippen LogP contribution in [-0.4, -0.2) is 36.6 Å². The third-order valence-electron chi connectivity index (χ3n) is 2.04. The van der Waals surface area contributed by atoms with Gasteiger partial charge in [-0.3, -0.25) is 5.41 Å². The lowest BCUT2D eigenvalue weighted by molar-refractivity contribution is 0.177. The van der Waals surface area contributed by atoms with Crippen LogP contribution < -0.4 is 5.49 Å². The number of aliphatic hydroxyl groups excluding tert-OH is 1. The predicted molar refractivity (Wildman–Crippen MR) is 54.5 cm³/mol. The SMILES string of the molecule is N=c1ncn(CC(O)CCl)c2nc[nH]c12. The normalized spacial score (nSPS) is 13.2. The van der Waals surface area contributed by atoms with E-state index < -0.39 is 6.10 Å². The molecule has 0 aliphatic carbocycles. The highest BCUT2D eigenvalue weighted by molar-refractivity contribution is 6.18. The Morgan fingerprint density at radius 2 is 2.40 bits per heavy atom. The maximum atomic E-state index is 9.41. The molecule has 0 spiro atoms. The predicted octanol–water partition coefficient (Wildman–Crippen LogP) is -0.161. The van der Waals surface area contributed by atoms with Gasteiger partial charge in [-0.15, -0.1) is 11.6 Å². The van der Waals surface area contributed by atoms with E-state index in [0.717, 1.165) is 0 Å². The molecule has 2 heterocycles. The van der Waals surface area contributed by atoms with Crippen molar-refractivity contribution in [1.82, 2.24) is 19.5 Å². The summed E-state index contributed by atoms with van der Waals surface area (Å²) in [5, 5.41) is 16.9. The van der Waals surface area contributed by atoms with E-state index in [1.54, 1.807) is 4.57 Å². The third kappa shape index (κ3) is 1.86. The van der Waals surface area contributed by atoms with Gasteiger partial charge >= 0.3 is 0 Å². The van der Waals surface area contributed by atoms with Crippen LogP contribution in [0.4, 0.5) is 0 Å². The second kappa shape index (κ2) is 4.00.